The van der Waals surface area contributed by atoms with Gasteiger partial charge in [0.15, 0.2) is 5.78 Å². The van der Waals surface area contributed by atoms with E-state index < -0.39 is 17.4 Å². The molecule has 1 saturated carbocycles. The van der Waals surface area contributed by atoms with Crippen molar-refractivity contribution in [1.29, 1.82) is 0 Å². The average molecular weight is 297 g/mol. The molecule has 0 spiro atoms. The number of halogens is 2. The lowest BCUT2D eigenvalue weighted by Crippen LogP contribution is -2.42. The van der Waals surface area contributed by atoms with Crippen LogP contribution in [0.4, 0.5) is 8.78 Å². The molecule has 1 fully saturated rings. The van der Waals surface area contributed by atoms with Crippen LogP contribution in [0.2, 0.25) is 0 Å². The number of ketones is 1. The Kier molecular flexibility index (Phi) is 5.82. The normalized spacial score (nSPS) is 16.4. The first-order valence-corrected chi connectivity index (χ1v) is 7.45. The average Bonchev–Trinajstić information content (AvgIpc) is 2.50. The lowest BCUT2D eigenvalue weighted by Gasteiger charge is -2.33. The van der Waals surface area contributed by atoms with Gasteiger partial charge in [-0.2, -0.15) is 0 Å². The molecule has 0 saturated heterocycles. The Labute approximate surface area is 123 Å². The van der Waals surface area contributed by atoms with Gasteiger partial charge in [-0.1, -0.05) is 19.3 Å². The molecule has 1 aromatic carbocycles. The summed E-state index contributed by atoms with van der Waals surface area (Å²) in [6.45, 7) is 0.356. The van der Waals surface area contributed by atoms with Crippen molar-refractivity contribution in [3.05, 3.63) is 35.4 Å². The molecule has 1 aromatic rings. The van der Waals surface area contributed by atoms with Gasteiger partial charge in [0.2, 0.25) is 0 Å². The van der Waals surface area contributed by atoms with Crippen molar-refractivity contribution in [2.24, 2.45) is 0 Å². The first kappa shape index (κ1) is 16.0. The second-order valence-corrected chi connectivity index (χ2v) is 5.53. The largest absolute Gasteiger partial charge is 0.395 e. The maximum absolute atomic E-state index is 13.6. The Bertz CT molecular complexity index is 487. The van der Waals surface area contributed by atoms with E-state index in [1.54, 1.807) is 0 Å². The summed E-state index contributed by atoms with van der Waals surface area (Å²) in [6, 6.07) is 3.15. The summed E-state index contributed by atoms with van der Waals surface area (Å²) in [5.41, 5.74) is -0.214. The second-order valence-electron chi connectivity index (χ2n) is 5.53. The molecule has 0 atom stereocenters. The van der Waals surface area contributed by atoms with Crippen molar-refractivity contribution in [1.82, 2.24) is 4.90 Å². The molecule has 1 N–H and O–H groups in total. The maximum atomic E-state index is 13.6. The van der Waals surface area contributed by atoms with Crippen molar-refractivity contribution in [3.8, 4) is 0 Å². The fraction of sp³-hybridized carbons (Fsp3) is 0.562. The van der Waals surface area contributed by atoms with Crippen LogP contribution in [-0.4, -0.2) is 41.5 Å². The Morgan fingerprint density at radius 3 is 2.62 bits per heavy atom. The highest BCUT2D eigenvalue weighted by Gasteiger charge is 2.24. The summed E-state index contributed by atoms with van der Waals surface area (Å²) in [5.74, 6) is -1.76. The van der Waals surface area contributed by atoms with Gasteiger partial charge in [-0.3, -0.25) is 9.69 Å². The molecule has 1 aliphatic carbocycles. The van der Waals surface area contributed by atoms with Crippen molar-refractivity contribution in [2.75, 3.05) is 19.7 Å². The van der Waals surface area contributed by atoms with Gasteiger partial charge in [0.25, 0.3) is 0 Å². The zero-order valence-corrected chi connectivity index (χ0v) is 12.0. The van der Waals surface area contributed by atoms with Crippen LogP contribution in [-0.2, 0) is 0 Å². The van der Waals surface area contributed by atoms with Gasteiger partial charge in [-0.15, -0.1) is 0 Å². The molecule has 0 bridgehead atoms. The van der Waals surface area contributed by atoms with E-state index in [-0.39, 0.29) is 24.8 Å². The molecule has 21 heavy (non-hydrogen) atoms. The van der Waals surface area contributed by atoms with Crippen molar-refractivity contribution >= 4 is 5.78 Å². The predicted octanol–water partition coefficient (Wildman–Crippen LogP) is 2.77. The number of aliphatic hydroxyl groups is 1. The third-order valence-corrected chi connectivity index (χ3v) is 4.05. The molecule has 1 aliphatic rings. The zero-order chi connectivity index (χ0) is 15.2. The molecule has 0 aliphatic heterocycles. The summed E-state index contributed by atoms with van der Waals surface area (Å²) < 4.78 is 26.8. The van der Waals surface area contributed by atoms with Crippen LogP contribution in [0.5, 0.6) is 0 Å². The molecule has 0 aromatic heterocycles. The molecular formula is C16H21F2NO2. The Morgan fingerprint density at radius 1 is 1.24 bits per heavy atom. The number of aliphatic hydroxyl groups excluding tert-OH is 1. The van der Waals surface area contributed by atoms with E-state index in [0.717, 1.165) is 43.9 Å². The molecular weight excluding hydrogens is 276 g/mol. The van der Waals surface area contributed by atoms with E-state index in [9.17, 15) is 13.6 Å². The minimum Gasteiger partial charge on any atom is -0.395 e. The Morgan fingerprint density at radius 2 is 1.95 bits per heavy atom. The zero-order valence-electron chi connectivity index (χ0n) is 12.0. The van der Waals surface area contributed by atoms with Crippen LogP contribution in [0.15, 0.2) is 18.2 Å². The number of carbonyl (C=O) groups is 1. The summed E-state index contributed by atoms with van der Waals surface area (Å²) in [4.78, 5) is 14.1. The van der Waals surface area contributed by atoms with Crippen LogP contribution >= 0.6 is 0 Å². The van der Waals surface area contributed by atoms with Crippen molar-refractivity contribution in [2.45, 2.75) is 38.1 Å². The SMILES string of the molecule is O=C(CN(CCO)C1CCCCC1)c1cc(F)ccc1F. The molecule has 2 rings (SSSR count). The van der Waals surface area contributed by atoms with Crippen molar-refractivity contribution in [3.63, 3.8) is 0 Å². The maximum Gasteiger partial charge on any atom is 0.179 e. The van der Waals surface area contributed by atoms with Gasteiger partial charge in [0.05, 0.1) is 18.7 Å². The number of carbonyl (C=O) groups excluding carboxylic acids is 1. The Hall–Kier alpha value is -1.33. The fourth-order valence-electron chi connectivity index (χ4n) is 2.95. The van der Waals surface area contributed by atoms with Crippen molar-refractivity contribution < 1.29 is 18.7 Å². The molecule has 0 amide bonds. The first-order chi connectivity index (χ1) is 10.1. The summed E-state index contributed by atoms with van der Waals surface area (Å²) in [5, 5.41) is 9.16. The smallest absolute Gasteiger partial charge is 0.179 e. The van der Waals surface area contributed by atoms with Gasteiger partial charge in [0.1, 0.15) is 11.6 Å². The van der Waals surface area contributed by atoms with E-state index in [2.05, 4.69) is 0 Å². The minimum absolute atomic E-state index is 0.0194. The standard InChI is InChI=1S/C16H21F2NO2/c17-12-6-7-15(18)14(10-12)16(21)11-19(8-9-20)13-4-2-1-3-5-13/h6-7,10,13,20H,1-5,8-9,11H2. The lowest BCUT2D eigenvalue weighted by atomic mass is 9.93. The van der Waals surface area contributed by atoms with E-state index in [4.69, 9.17) is 5.11 Å². The van der Waals surface area contributed by atoms with Crippen LogP contribution < -0.4 is 0 Å². The minimum atomic E-state index is -0.700. The number of hydrogen-bond acceptors (Lipinski definition) is 3. The fourth-order valence-corrected chi connectivity index (χ4v) is 2.95. The van der Waals surface area contributed by atoms with E-state index in [0.29, 0.717) is 6.54 Å². The van der Waals surface area contributed by atoms with Gasteiger partial charge in [0, 0.05) is 12.6 Å². The molecule has 5 heteroatoms. The van der Waals surface area contributed by atoms with Crippen LogP contribution in [0.25, 0.3) is 0 Å². The Balaban J connectivity index is 2.08. The highest BCUT2D eigenvalue weighted by molar-refractivity contribution is 5.97. The lowest BCUT2D eigenvalue weighted by molar-refractivity contribution is 0.0810. The number of rotatable bonds is 6. The number of hydrogen-bond donors (Lipinski definition) is 1. The topological polar surface area (TPSA) is 40.5 Å². The number of benzene rings is 1. The van der Waals surface area contributed by atoms with Crippen LogP contribution in [0.1, 0.15) is 42.5 Å². The van der Waals surface area contributed by atoms with E-state index in [1.165, 1.54) is 6.42 Å². The first-order valence-electron chi connectivity index (χ1n) is 7.45. The molecule has 0 heterocycles. The molecule has 3 nitrogen and oxygen atoms in total. The molecule has 0 unspecified atom stereocenters. The van der Waals surface area contributed by atoms with Crippen LogP contribution in [0.3, 0.4) is 0 Å². The third-order valence-electron chi connectivity index (χ3n) is 4.05. The molecule has 116 valence electrons. The van der Waals surface area contributed by atoms with Gasteiger partial charge >= 0.3 is 0 Å². The predicted molar refractivity (Wildman–Crippen MR) is 76.2 cm³/mol. The monoisotopic (exact) mass is 297 g/mol. The van der Waals surface area contributed by atoms with Gasteiger partial charge < -0.3 is 5.11 Å². The third kappa shape index (κ3) is 4.32. The summed E-state index contributed by atoms with van der Waals surface area (Å²) in [7, 11) is 0. The summed E-state index contributed by atoms with van der Waals surface area (Å²) in [6.07, 6.45) is 5.37. The second kappa shape index (κ2) is 7.61. The quantitative estimate of drug-likeness (QED) is 0.821. The van der Waals surface area contributed by atoms with Gasteiger partial charge in [-0.25, -0.2) is 8.78 Å². The molecule has 0 radical (unpaired) electrons. The van der Waals surface area contributed by atoms with E-state index in [1.807, 2.05) is 4.90 Å². The highest BCUT2D eigenvalue weighted by atomic mass is 19.1. The highest BCUT2D eigenvalue weighted by Crippen LogP contribution is 2.23. The number of Topliss-reactive ketones (excluding diaryl/α,β-unsaturated/α-hetero) is 1. The van der Waals surface area contributed by atoms with E-state index >= 15 is 0 Å². The summed E-state index contributed by atoms with van der Waals surface area (Å²) >= 11 is 0. The number of nitrogens with zero attached hydrogens (tertiary/aromatic N) is 1. The van der Waals surface area contributed by atoms with Crippen LogP contribution in [0, 0.1) is 11.6 Å². The van der Waals surface area contributed by atoms with Gasteiger partial charge in [-0.05, 0) is 31.0 Å².